The Morgan fingerprint density at radius 3 is 2.55 bits per heavy atom. The van der Waals surface area contributed by atoms with Gasteiger partial charge in [-0.15, -0.1) is 5.10 Å². The normalized spacial score (nSPS) is 12.3. The summed E-state index contributed by atoms with van der Waals surface area (Å²) >= 11 is 0. The number of ether oxygens (including phenoxy) is 1. The van der Waals surface area contributed by atoms with Crippen molar-refractivity contribution in [3.63, 3.8) is 0 Å². The molecular formula is C19H23N7O4S. The van der Waals surface area contributed by atoms with Gasteiger partial charge >= 0.3 is 6.09 Å². The first-order valence-electron chi connectivity index (χ1n) is 9.29. The van der Waals surface area contributed by atoms with Gasteiger partial charge in [-0.1, -0.05) is 11.3 Å². The number of carbonyl (C=O) groups is 1. The van der Waals surface area contributed by atoms with Gasteiger partial charge in [0.2, 0.25) is 10.0 Å². The van der Waals surface area contributed by atoms with Crippen LogP contribution < -0.4 is 10.0 Å². The number of aromatic nitrogens is 5. The Morgan fingerprint density at radius 1 is 1.19 bits per heavy atom. The molecule has 0 aromatic carbocycles. The van der Waals surface area contributed by atoms with Crippen LogP contribution in [0.15, 0.2) is 30.5 Å². The number of hydrogen-bond donors (Lipinski definition) is 2. The molecule has 1 atom stereocenters. The number of anilines is 2. The van der Waals surface area contributed by atoms with E-state index in [1.54, 1.807) is 39.2 Å². The van der Waals surface area contributed by atoms with Crippen LogP contribution >= 0.6 is 0 Å². The highest BCUT2D eigenvalue weighted by Crippen LogP contribution is 2.27. The third kappa shape index (κ3) is 5.54. The van der Waals surface area contributed by atoms with Crippen LogP contribution in [0.25, 0.3) is 11.4 Å². The van der Waals surface area contributed by atoms with Crippen molar-refractivity contribution >= 4 is 27.6 Å². The van der Waals surface area contributed by atoms with Gasteiger partial charge < -0.3 is 4.74 Å². The first-order valence-corrected chi connectivity index (χ1v) is 11.2. The van der Waals surface area contributed by atoms with Crippen molar-refractivity contribution in [2.24, 2.45) is 7.05 Å². The zero-order valence-corrected chi connectivity index (χ0v) is 18.6. The Labute approximate surface area is 179 Å². The molecule has 0 bridgehead atoms. The van der Waals surface area contributed by atoms with Gasteiger partial charge in [0.25, 0.3) is 0 Å². The quantitative estimate of drug-likeness (QED) is 0.590. The molecule has 3 aromatic rings. The maximum absolute atomic E-state index is 12.5. The second-order valence-corrected chi connectivity index (χ2v) is 8.77. The van der Waals surface area contributed by atoms with E-state index in [1.807, 2.05) is 19.1 Å². The SMILES string of the molecule is Cc1ccc(C(C)OC(=O)Nc2c(-c3ccc(NS(C)(=O)=O)c(C)n3)nnn2C)cn1. The Hall–Kier alpha value is -3.54. The Morgan fingerprint density at radius 2 is 1.94 bits per heavy atom. The van der Waals surface area contributed by atoms with Crippen LogP contribution in [0.5, 0.6) is 0 Å². The number of amides is 1. The molecule has 11 nitrogen and oxygen atoms in total. The minimum absolute atomic E-state index is 0.287. The minimum Gasteiger partial charge on any atom is -0.441 e. The Bertz CT molecular complexity index is 1210. The monoisotopic (exact) mass is 445 g/mol. The van der Waals surface area contributed by atoms with Crippen molar-refractivity contribution in [2.75, 3.05) is 16.3 Å². The van der Waals surface area contributed by atoms with Crippen LogP contribution in [0.2, 0.25) is 0 Å². The maximum atomic E-state index is 12.5. The number of carbonyl (C=O) groups excluding carboxylic acids is 1. The van der Waals surface area contributed by atoms with Gasteiger partial charge in [-0.3, -0.25) is 15.0 Å². The highest BCUT2D eigenvalue weighted by atomic mass is 32.2. The molecule has 1 amide bonds. The lowest BCUT2D eigenvalue weighted by Gasteiger charge is -2.14. The Balaban J connectivity index is 1.78. The fourth-order valence-corrected chi connectivity index (χ4v) is 3.36. The van der Waals surface area contributed by atoms with Crippen molar-refractivity contribution in [2.45, 2.75) is 26.9 Å². The van der Waals surface area contributed by atoms with Crippen LogP contribution in [-0.4, -0.2) is 45.7 Å². The van der Waals surface area contributed by atoms with Gasteiger partial charge in [-0.05, 0) is 39.0 Å². The van der Waals surface area contributed by atoms with Crippen molar-refractivity contribution in [1.82, 2.24) is 25.0 Å². The largest absolute Gasteiger partial charge is 0.441 e. The van der Waals surface area contributed by atoms with Crippen molar-refractivity contribution in [3.05, 3.63) is 47.4 Å². The molecule has 0 saturated heterocycles. The molecule has 3 rings (SSSR count). The molecule has 0 aliphatic rings. The number of nitrogens with one attached hydrogen (secondary N) is 2. The molecule has 12 heteroatoms. The lowest BCUT2D eigenvalue weighted by molar-refractivity contribution is 0.121. The van der Waals surface area contributed by atoms with Crippen LogP contribution in [0.1, 0.15) is 30.0 Å². The smallest absolute Gasteiger partial charge is 0.413 e. The molecule has 0 fully saturated rings. The van der Waals surface area contributed by atoms with E-state index in [0.717, 1.165) is 17.5 Å². The van der Waals surface area contributed by atoms with Crippen LogP contribution in [0.3, 0.4) is 0 Å². The van der Waals surface area contributed by atoms with Gasteiger partial charge in [0.15, 0.2) is 11.5 Å². The predicted molar refractivity (Wildman–Crippen MR) is 115 cm³/mol. The van der Waals surface area contributed by atoms with E-state index in [9.17, 15) is 13.2 Å². The lowest BCUT2D eigenvalue weighted by Crippen LogP contribution is -2.18. The number of rotatable bonds is 6. The predicted octanol–water partition coefficient (Wildman–Crippen LogP) is 2.57. The highest BCUT2D eigenvalue weighted by Gasteiger charge is 2.20. The molecule has 0 aliphatic heterocycles. The fraction of sp³-hybridized carbons (Fsp3) is 0.316. The number of nitrogens with zero attached hydrogens (tertiary/aromatic N) is 5. The third-order valence-electron chi connectivity index (χ3n) is 4.36. The molecule has 3 heterocycles. The molecule has 1 unspecified atom stereocenters. The average molecular weight is 446 g/mol. The van der Waals surface area contributed by atoms with E-state index in [2.05, 4.69) is 30.3 Å². The molecule has 0 radical (unpaired) electrons. The van der Waals surface area contributed by atoms with E-state index in [0.29, 0.717) is 22.8 Å². The summed E-state index contributed by atoms with van der Waals surface area (Å²) in [6.45, 7) is 5.28. The maximum Gasteiger partial charge on any atom is 0.413 e. The van der Waals surface area contributed by atoms with E-state index in [4.69, 9.17) is 4.74 Å². The number of hydrogen-bond acceptors (Lipinski definition) is 8. The summed E-state index contributed by atoms with van der Waals surface area (Å²) in [5.74, 6) is 0.287. The summed E-state index contributed by atoms with van der Waals surface area (Å²) in [4.78, 5) is 21.0. The standard InChI is InChI=1S/C19H23N7O4S/c1-11-6-7-14(10-20-11)13(3)30-19(27)22-18-17(23-25-26(18)4)16-9-8-15(12(2)21-16)24-31(5,28)29/h6-10,13,24H,1-5H3,(H,22,27). The van der Waals surface area contributed by atoms with Crippen LogP contribution in [-0.2, 0) is 21.8 Å². The second-order valence-electron chi connectivity index (χ2n) is 7.02. The van der Waals surface area contributed by atoms with Crippen molar-refractivity contribution < 1.29 is 17.9 Å². The summed E-state index contributed by atoms with van der Waals surface area (Å²) in [5.41, 5.74) is 3.16. The van der Waals surface area contributed by atoms with Gasteiger partial charge in [0.05, 0.1) is 23.3 Å². The van der Waals surface area contributed by atoms with E-state index in [-0.39, 0.29) is 5.82 Å². The number of sulfonamides is 1. The molecule has 31 heavy (non-hydrogen) atoms. The van der Waals surface area contributed by atoms with Crippen molar-refractivity contribution in [3.8, 4) is 11.4 Å². The topological polar surface area (TPSA) is 141 Å². The first kappa shape index (κ1) is 22.2. The fourth-order valence-electron chi connectivity index (χ4n) is 2.74. The number of pyridine rings is 2. The first-order chi connectivity index (χ1) is 14.5. The van der Waals surface area contributed by atoms with E-state index in [1.165, 1.54) is 4.68 Å². The second kappa shape index (κ2) is 8.68. The summed E-state index contributed by atoms with van der Waals surface area (Å²) in [5, 5.41) is 10.6. The number of aryl methyl sites for hydroxylation is 3. The van der Waals surface area contributed by atoms with E-state index < -0.39 is 22.2 Å². The van der Waals surface area contributed by atoms with Gasteiger partial charge in [0.1, 0.15) is 6.10 Å². The molecule has 2 N–H and O–H groups in total. The minimum atomic E-state index is -3.43. The summed E-state index contributed by atoms with van der Waals surface area (Å²) in [6, 6.07) is 6.84. The molecule has 0 spiro atoms. The molecular weight excluding hydrogens is 422 g/mol. The molecule has 0 aliphatic carbocycles. The zero-order valence-electron chi connectivity index (χ0n) is 17.7. The van der Waals surface area contributed by atoms with Crippen molar-refractivity contribution in [1.29, 1.82) is 0 Å². The van der Waals surface area contributed by atoms with E-state index >= 15 is 0 Å². The highest BCUT2D eigenvalue weighted by molar-refractivity contribution is 7.92. The summed E-state index contributed by atoms with van der Waals surface area (Å²) < 4.78 is 32.1. The molecule has 0 saturated carbocycles. The summed E-state index contributed by atoms with van der Waals surface area (Å²) in [6.07, 6.45) is 1.51. The summed E-state index contributed by atoms with van der Waals surface area (Å²) in [7, 11) is -1.82. The van der Waals surface area contributed by atoms with Crippen LogP contribution in [0, 0.1) is 13.8 Å². The molecule has 164 valence electrons. The third-order valence-corrected chi connectivity index (χ3v) is 4.95. The average Bonchev–Trinajstić information content (AvgIpc) is 3.03. The molecule has 3 aromatic heterocycles. The lowest BCUT2D eigenvalue weighted by atomic mass is 10.2. The van der Waals surface area contributed by atoms with Gasteiger partial charge in [-0.2, -0.15) is 0 Å². The Kier molecular flexibility index (Phi) is 6.20. The van der Waals surface area contributed by atoms with Gasteiger partial charge in [0, 0.05) is 24.5 Å². The zero-order chi connectivity index (χ0) is 22.8. The van der Waals surface area contributed by atoms with Gasteiger partial charge in [-0.25, -0.2) is 22.9 Å². The van der Waals surface area contributed by atoms with Crippen LogP contribution in [0.4, 0.5) is 16.3 Å².